The molecule has 7 aromatic carbocycles. The molecule has 3 heteroatoms. The van der Waals surface area contributed by atoms with Gasteiger partial charge in [-0.1, -0.05) is 166 Å². The van der Waals surface area contributed by atoms with Gasteiger partial charge in [-0.3, -0.25) is 0 Å². The molecule has 0 bridgehead atoms. The van der Waals surface area contributed by atoms with Crippen molar-refractivity contribution >= 4 is 46.5 Å². The third-order valence-corrected chi connectivity index (χ3v) is 17.7. The summed E-state index contributed by atoms with van der Waals surface area (Å²) in [5, 5.41) is 4.25. The van der Waals surface area contributed by atoms with E-state index in [1.54, 1.807) is 0 Å². The standard InChI is InChI=1S/C69H65BN2/c1-10-11-12-18-48-40-69(56-21-15-13-19-50(56)51-20-14-16-22-57(51)69)59-23-17-24-61-66(59)72(48)62-38-46(63-43(4)33-42(3)34-44(63)5)37-54(64(62)70-61)52-29-28-49-53-35-41(2)25-26-45(53)36-55(49)65(52)71-47-27-30-58-60(39-47)68(8,9)32-31-67(58,6)7/h10-13,15-19,21-30,33-35,37-40,70-71H,14,20,31-32,36H2,1-9H3/b11-10-,18-12-. The Morgan fingerprint density at radius 1 is 0.653 bits per heavy atom. The molecule has 0 saturated carbocycles. The van der Waals surface area contributed by atoms with Crippen molar-refractivity contribution in [2.45, 2.75) is 111 Å². The van der Waals surface area contributed by atoms with Crippen LogP contribution in [0, 0.1) is 27.7 Å². The van der Waals surface area contributed by atoms with Crippen molar-refractivity contribution in [2.75, 3.05) is 10.2 Å². The number of aryl methyl sites for hydroxylation is 4. The van der Waals surface area contributed by atoms with Gasteiger partial charge < -0.3 is 10.2 Å². The number of nitrogens with one attached hydrogen (secondary N) is 1. The highest BCUT2D eigenvalue weighted by atomic mass is 15.2. The number of nitrogens with zero attached hydrogens (tertiary/aromatic N) is 1. The zero-order chi connectivity index (χ0) is 49.4. The Balaban J connectivity index is 1.09. The highest BCUT2D eigenvalue weighted by molar-refractivity contribution is 6.73. The quantitative estimate of drug-likeness (QED) is 0.132. The van der Waals surface area contributed by atoms with E-state index in [9.17, 15) is 0 Å². The number of para-hydroxylation sites is 1. The van der Waals surface area contributed by atoms with E-state index >= 15 is 0 Å². The molecule has 0 radical (unpaired) electrons. The second-order valence-electron chi connectivity index (χ2n) is 23.3. The molecule has 2 aliphatic heterocycles. The minimum Gasteiger partial charge on any atom is -0.355 e. The fourth-order valence-corrected chi connectivity index (χ4v) is 14.3. The molecule has 0 aromatic heterocycles. The molecule has 72 heavy (non-hydrogen) atoms. The summed E-state index contributed by atoms with van der Waals surface area (Å²) in [5.74, 6) is 0. The van der Waals surface area contributed by atoms with Gasteiger partial charge in [-0.05, 0) is 202 Å². The highest BCUT2D eigenvalue weighted by Gasteiger charge is 2.50. The molecule has 0 fully saturated rings. The Labute approximate surface area is 428 Å². The van der Waals surface area contributed by atoms with E-state index in [2.05, 4.69) is 230 Å². The minimum atomic E-state index is -0.411. The zero-order valence-corrected chi connectivity index (χ0v) is 43.7. The molecule has 354 valence electrons. The van der Waals surface area contributed by atoms with Crippen LogP contribution in [0.1, 0.15) is 121 Å². The predicted octanol–water partition coefficient (Wildman–Crippen LogP) is 16.2. The monoisotopic (exact) mass is 933 g/mol. The van der Waals surface area contributed by atoms with E-state index in [-0.39, 0.29) is 10.8 Å². The Morgan fingerprint density at radius 2 is 1.43 bits per heavy atom. The van der Waals surface area contributed by atoms with Gasteiger partial charge >= 0.3 is 0 Å². The van der Waals surface area contributed by atoms with Gasteiger partial charge in [0.25, 0.3) is 0 Å². The largest absolute Gasteiger partial charge is 0.355 e. The normalized spacial score (nSPS) is 19.1. The first kappa shape index (κ1) is 44.8. The Kier molecular flexibility index (Phi) is 10.1. The predicted molar refractivity (Wildman–Crippen MR) is 309 cm³/mol. The summed E-state index contributed by atoms with van der Waals surface area (Å²) < 4.78 is 0. The molecule has 6 aliphatic rings. The van der Waals surface area contributed by atoms with Crippen molar-refractivity contribution in [3.05, 3.63) is 230 Å². The van der Waals surface area contributed by atoms with Crippen LogP contribution in [0.15, 0.2) is 169 Å². The van der Waals surface area contributed by atoms with E-state index in [0.717, 1.165) is 32.2 Å². The molecule has 0 saturated heterocycles. The number of fused-ring (bicyclic) bond motifs is 11. The smallest absolute Gasteiger partial charge is 0.198 e. The van der Waals surface area contributed by atoms with Gasteiger partial charge in [0.2, 0.25) is 0 Å². The summed E-state index contributed by atoms with van der Waals surface area (Å²) in [7, 11) is 0.819. The number of benzene rings is 7. The summed E-state index contributed by atoms with van der Waals surface area (Å²) >= 11 is 0. The maximum Gasteiger partial charge on any atom is 0.198 e. The van der Waals surface area contributed by atoms with Crippen molar-refractivity contribution in [3.63, 3.8) is 0 Å². The van der Waals surface area contributed by atoms with Gasteiger partial charge in [-0.25, -0.2) is 0 Å². The number of hydrogen-bond acceptors (Lipinski definition) is 2. The Hall–Kier alpha value is -7.10. The van der Waals surface area contributed by atoms with Gasteiger partial charge in [0, 0.05) is 34.7 Å². The zero-order valence-electron chi connectivity index (χ0n) is 43.7. The van der Waals surface area contributed by atoms with Crippen LogP contribution in [-0.2, 0) is 22.7 Å². The third kappa shape index (κ3) is 6.61. The van der Waals surface area contributed by atoms with E-state index in [1.165, 1.54) is 152 Å². The van der Waals surface area contributed by atoms with Crippen LogP contribution in [0.5, 0.6) is 0 Å². The molecular weight excluding hydrogens is 868 g/mol. The highest BCUT2D eigenvalue weighted by Crippen LogP contribution is 2.60. The molecule has 2 heterocycles. The fourth-order valence-electron chi connectivity index (χ4n) is 14.3. The van der Waals surface area contributed by atoms with Gasteiger partial charge in [0.15, 0.2) is 7.28 Å². The first-order valence-electron chi connectivity index (χ1n) is 26.6. The summed E-state index contributed by atoms with van der Waals surface area (Å²) in [5.41, 5.74) is 34.6. The van der Waals surface area contributed by atoms with Gasteiger partial charge in [0.05, 0.1) is 11.1 Å². The van der Waals surface area contributed by atoms with Gasteiger partial charge in [0.1, 0.15) is 0 Å². The van der Waals surface area contributed by atoms with Crippen molar-refractivity contribution in [1.29, 1.82) is 0 Å². The molecule has 2 nitrogen and oxygen atoms in total. The van der Waals surface area contributed by atoms with Crippen LogP contribution < -0.4 is 21.1 Å². The van der Waals surface area contributed by atoms with Crippen LogP contribution in [0.4, 0.5) is 22.7 Å². The summed E-state index contributed by atoms with van der Waals surface area (Å²) in [6.45, 7) is 20.9. The van der Waals surface area contributed by atoms with Crippen LogP contribution in [0.2, 0.25) is 0 Å². The molecule has 0 amide bonds. The molecule has 1 atom stereocenters. The SMILES string of the molecule is C/C=C\C=C/C1=CC2(C3=C(CCC=C3)c3ccccc32)c2cccc3c2N1c1cc(-c2c(C)cc(C)cc2C)cc(-c2ccc4c(c2Nc2ccc5c(c2)C(C)(C)CCC5(C)C)Cc2ccc(C)cc2-4)c1B3. The number of allylic oxidation sites excluding steroid dienone is 9. The molecular formula is C69H65BN2. The Morgan fingerprint density at radius 3 is 2.25 bits per heavy atom. The van der Waals surface area contributed by atoms with E-state index in [4.69, 9.17) is 0 Å². The van der Waals surface area contributed by atoms with Crippen LogP contribution in [0.3, 0.4) is 0 Å². The van der Waals surface area contributed by atoms with Crippen molar-refractivity contribution < 1.29 is 0 Å². The molecule has 7 aromatic rings. The van der Waals surface area contributed by atoms with E-state index in [1.807, 2.05) is 0 Å². The summed E-state index contributed by atoms with van der Waals surface area (Å²) in [6.07, 6.45) is 21.8. The first-order chi connectivity index (χ1) is 34.8. The molecule has 4 aliphatic carbocycles. The average molecular weight is 933 g/mol. The second-order valence-corrected chi connectivity index (χ2v) is 23.3. The minimum absolute atomic E-state index is 0.0900. The summed E-state index contributed by atoms with van der Waals surface area (Å²) in [4.78, 5) is 2.65. The maximum atomic E-state index is 4.25. The molecule has 13 rings (SSSR count). The molecule has 1 N–H and O–H groups in total. The lowest BCUT2D eigenvalue weighted by Crippen LogP contribution is -2.47. The van der Waals surface area contributed by atoms with Gasteiger partial charge in [-0.2, -0.15) is 0 Å². The average Bonchev–Trinajstić information content (AvgIpc) is 3.87. The lowest BCUT2D eigenvalue weighted by Gasteiger charge is -2.46. The van der Waals surface area contributed by atoms with Crippen molar-refractivity contribution in [1.82, 2.24) is 0 Å². The van der Waals surface area contributed by atoms with Crippen LogP contribution in [-0.4, -0.2) is 7.28 Å². The summed E-state index contributed by atoms with van der Waals surface area (Å²) in [6, 6.07) is 45.5. The molecule has 1 spiro atoms. The second kappa shape index (κ2) is 16.2. The van der Waals surface area contributed by atoms with Gasteiger partial charge in [-0.15, -0.1) is 0 Å². The lowest BCUT2D eigenvalue weighted by atomic mass is 9.55. The molecule has 1 unspecified atom stereocenters. The fraction of sp³-hybridized carbons (Fsp3) is 0.246. The third-order valence-electron chi connectivity index (χ3n) is 17.7. The number of hydrogen-bond donors (Lipinski definition) is 1. The van der Waals surface area contributed by atoms with Crippen LogP contribution >= 0.6 is 0 Å². The van der Waals surface area contributed by atoms with E-state index < -0.39 is 5.41 Å². The topological polar surface area (TPSA) is 15.3 Å². The number of anilines is 4. The Bertz CT molecular complexity index is 3650. The van der Waals surface area contributed by atoms with E-state index in [0.29, 0.717) is 0 Å². The number of rotatable bonds is 6. The lowest BCUT2D eigenvalue weighted by molar-refractivity contribution is 0.332. The van der Waals surface area contributed by atoms with Crippen LogP contribution in [0.25, 0.3) is 39.0 Å². The van der Waals surface area contributed by atoms with Crippen molar-refractivity contribution in [3.8, 4) is 33.4 Å². The van der Waals surface area contributed by atoms with Crippen molar-refractivity contribution in [2.24, 2.45) is 0 Å². The maximum absolute atomic E-state index is 4.25. The first-order valence-corrected chi connectivity index (χ1v) is 26.6.